The molecular weight excluding hydrogens is 196 g/mol. The van der Waals surface area contributed by atoms with Crippen LogP contribution in [0, 0.1) is 5.92 Å². The molecule has 1 atom stereocenters. The fourth-order valence-corrected chi connectivity index (χ4v) is 2.01. The van der Waals surface area contributed by atoms with Crippen LogP contribution >= 0.6 is 12.2 Å². The van der Waals surface area contributed by atoms with Gasteiger partial charge in [0, 0.05) is 13.0 Å². The van der Waals surface area contributed by atoms with Crippen molar-refractivity contribution in [2.45, 2.75) is 32.6 Å². The summed E-state index contributed by atoms with van der Waals surface area (Å²) >= 11 is 4.82. The van der Waals surface area contributed by atoms with E-state index < -0.39 is 0 Å². The van der Waals surface area contributed by atoms with Crippen LogP contribution in [-0.4, -0.2) is 28.9 Å². The Labute approximate surface area is 90.6 Å². The van der Waals surface area contributed by atoms with Crippen LogP contribution in [-0.2, 0) is 4.79 Å². The SMILES string of the molecule is CCC1CCC(=O)N(CC(N)=S)CC1. The number of nitrogens with zero attached hydrogens (tertiary/aromatic N) is 1. The van der Waals surface area contributed by atoms with Gasteiger partial charge in [-0.2, -0.15) is 0 Å². The van der Waals surface area contributed by atoms with E-state index in [-0.39, 0.29) is 5.91 Å². The van der Waals surface area contributed by atoms with Crippen molar-refractivity contribution in [2.75, 3.05) is 13.1 Å². The first kappa shape index (κ1) is 11.4. The first-order valence-corrected chi connectivity index (χ1v) is 5.60. The van der Waals surface area contributed by atoms with Gasteiger partial charge >= 0.3 is 0 Å². The first-order chi connectivity index (χ1) is 6.63. The lowest BCUT2D eigenvalue weighted by molar-refractivity contribution is -0.129. The fraction of sp³-hybridized carbons (Fsp3) is 0.800. The normalized spacial score (nSPS) is 23.4. The standard InChI is InChI=1S/C10H18N2OS/c1-2-8-3-4-10(13)12(6-5-8)7-9(11)14/h8H,2-7H2,1H3,(H2,11,14). The average molecular weight is 214 g/mol. The van der Waals surface area contributed by atoms with E-state index in [1.807, 2.05) is 0 Å². The summed E-state index contributed by atoms with van der Waals surface area (Å²) in [5.74, 6) is 0.893. The molecule has 14 heavy (non-hydrogen) atoms. The fourth-order valence-electron chi connectivity index (χ4n) is 1.86. The number of thiocarbonyl (C=S) groups is 1. The number of hydrogen-bond acceptors (Lipinski definition) is 2. The highest BCUT2D eigenvalue weighted by atomic mass is 32.1. The third-order valence-electron chi connectivity index (χ3n) is 2.85. The molecule has 0 aromatic carbocycles. The smallest absolute Gasteiger partial charge is 0.222 e. The van der Waals surface area contributed by atoms with E-state index in [1.54, 1.807) is 4.90 Å². The molecule has 2 N–H and O–H groups in total. The summed E-state index contributed by atoms with van der Waals surface area (Å²) in [6, 6.07) is 0. The number of hydrogen-bond donors (Lipinski definition) is 1. The molecule has 0 aromatic rings. The number of likely N-dealkylation sites (tertiary alicyclic amines) is 1. The Morgan fingerprint density at radius 1 is 1.64 bits per heavy atom. The highest BCUT2D eigenvalue weighted by Gasteiger charge is 2.21. The molecular formula is C10H18N2OS. The van der Waals surface area contributed by atoms with Crippen LogP contribution in [0.25, 0.3) is 0 Å². The summed E-state index contributed by atoms with van der Waals surface area (Å²) in [5.41, 5.74) is 5.44. The predicted octanol–water partition coefficient (Wildman–Crippen LogP) is 1.31. The minimum Gasteiger partial charge on any atom is -0.392 e. The molecule has 1 unspecified atom stereocenters. The van der Waals surface area contributed by atoms with Gasteiger partial charge in [0.25, 0.3) is 0 Å². The summed E-state index contributed by atoms with van der Waals surface area (Å²) < 4.78 is 0. The van der Waals surface area contributed by atoms with Gasteiger partial charge in [-0.15, -0.1) is 0 Å². The molecule has 1 saturated heterocycles. The van der Waals surface area contributed by atoms with E-state index in [9.17, 15) is 4.79 Å². The molecule has 3 nitrogen and oxygen atoms in total. The highest BCUT2D eigenvalue weighted by molar-refractivity contribution is 7.80. The molecule has 0 spiro atoms. The van der Waals surface area contributed by atoms with Crippen molar-refractivity contribution in [2.24, 2.45) is 11.7 Å². The van der Waals surface area contributed by atoms with E-state index >= 15 is 0 Å². The summed E-state index contributed by atoms with van der Waals surface area (Å²) in [6.07, 6.45) is 3.92. The second-order valence-corrected chi connectivity index (χ2v) is 4.41. The molecule has 0 radical (unpaired) electrons. The van der Waals surface area contributed by atoms with E-state index in [0.717, 1.165) is 25.8 Å². The zero-order valence-electron chi connectivity index (χ0n) is 8.66. The lowest BCUT2D eigenvalue weighted by Crippen LogP contribution is -2.37. The number of carbonyl (C=O) groups excluding carboxylic acids is 1. The van der Waals surface area contributed by atoms with E-state index in [1.165, 1.54) is 0 Å². The Balaban J connectivity index is 2.51. The maximum atomic E-state index is 11.6. The average Bonchev–Trinajstić information content (AvgIpc) is 2.30. The van der Waals surface area contributed by atoms with Crippen molar-refractivity contribution in [3.05, 3.63) is 0 Å². The van der Waals surface area contributed by atoms with Gasteiger partial charge in [0.2, 0.25) is 5.91 Å². The Kier molecular flexibility index (Phi) is 4.32. The Morgan fingerprint density at radius 2 is 2.36 bits per heavy atom. The van der Waals surface area contributed by atoms with E-state index in [2.05, 4.69) is 6.92 Å². The Hall–Kier alpha value is -0.640. The minimum absolute atomic E-state index is 0.203. The van der Waals surface area contributed by atoms with Gasteiger partial charge < -0.3 is 10.6 Å². The van der Waals surface area contributed by atoms with Crippen LogP contribution < -0.4 is 5.73 Å². The van der Waals surface area contributed by atoms with E-state index in [0.29, 0.717) is 23.9 Å². The molecule has 1 amide bonds. The molecule has 1 rings (SSSR count). The molecule has 4 heteroatoms. The van der Waals surface area contributed by atoms with Crippen LogP contribution in [0.4, 0.5) is 0 Å². The summed E-state index contributed by atoms with van der Waals surface area (Å²) in [5, 5.41) is 0. The Morgan fingerprint density at radius 3 is 2.93 bits per heavy atom. The molecule has 80 valence electrons. The van der Waals surface area contributed by atoms with Crippen molar-refractivity contribution in [1.82, 2.24) is 4.90 Å². The summed E-state index contributed by atoms with van der Waals surface area (Å²) in [6.45, 7) is 3.44. The molecule has 1 heterocycles. The van der Waals surface area contributed by atoms with Gasteiger partial charge in [-0.05, 0) is 18.8 Å². The number of carbonyl (C=O) groups is 1. The van der Waals surface area contributed by atoms with Crippen molar-refractivity contribution in [3.8, 4) is 0 Å². The van der Waals surface area contributed by atoms with Crippen molar-refractivity contribution >= 4 is 23.1 Å². The molecule has 0 bridgehead atoms. The van der Waals surface area contributed by atoms with Crippen molar-refractivity contribution in [3.63, 3.8) is 0 Å². The van der Waals surface area contributed by atoms with Crippen LogP contribution in [0.3, 0.4) is 0 Å². The maximum Gasteiger partial charge on any atom is 0.222 e. The molecule has 1 aliphatic rings. The molecule has 0 aromatic heterocycles. The lowest BCUT2D eigenvalue weighted by Gasteiger charge is -2.19. The predicted molar refractivity (Wildman–Crippen MR) is 61.0 cm³/mol. The quantitative estimate of drug-likeness (QED) is 0.721. The van der Waals surface area contributed by atoms with Crippen molar-refractivity contribution < 1.29 is 4.79 Å². The largest absolute Gasteiger partial charge is 0.392 e. The van der Waals surface area contributed by atoms with Gasteiger partial charge in [-0.3, -0.25) is 4.79 Å². The van der Waals surface area contributed by atoms with Crippen LogP contribution in [0.5, 0.6) is 0 Å². The van der Waals surface area contributed by atoms with Crippen LogP contribution in [0.2, 0.25) is 0 Å². The van der Waals surface area contributed by atoms with Gasteiger partial charge in [-0.1, -0.05) is 25.6 Å². The van der Waals surface area contributed by atoms with E-state index in [4.69, 9.17) is 18.0 Å². The second-order valence-electron chi connectivity index (χ2n) is 3.88. The molecule has 0 saturated carbocycles. The number of amides is 1. The van der Waals surface area contributed by atoms with Gasteiger partial charge in [0.1, 0.15) is 0 Å². The highest BCUT2D eigenvalue weighted by Crippen LogP contribution is 2.20. The number of nitrogens with two attached hydrogens (primary N) is 1. The maximum absolute atomic E-state index is 11.6. The summed E-state index contributed by atoms with van der Waals surface area (Å²) in [7, 11) is 0. The first-order valence-electron chi connectivity index (χ1n) is 5.19. The molecule has 0 aliphatic carbocycles. The molecule has 1 aliphatic heterocycles. The Bertz CT molecular complexity index is 230. The minimum atomic E-state index is 0.203. The van der Waals surface area contributed by atoms with Crippen LogP contribution in [0.1, 0.15) is 32.6 Å². The van der Waals surface area contributed by atoms with Crippen LogP contribution in [0.15, 0.2) is 0 Å². The summed E-state index contributed by atoms with van der Waals surface area (Å²) in [4.78, 5) is 13.8. The van der Waals surface area contributed by atoms with Crippen molar-refractivity contribution in [1.29, 1.82) is 0 Å². The monoisotopic (exact) mass is 214 g/mol. The van der Waals surface area contributed by atoms with Gasteiger partial charge in [-0.25, -0.2) is 0 Å². The number of rotatable bonds is 3. The lowest BCUT2D eigenvalue weighted by atomic mass is 9.98. The van der Waals surface area contributed by atoms with Gasteiger partial charge in [0.15, 0.2) is 0 Å². The topological polar surface area (TPSA) is 46.3 Å². The second kappa shape index (κ2) is 5.29. The third-order valence-corrected chi connectivity index (χ3v) is 2.98. The zero-order chi connectivity index (χ0) is 10.6. The molecule has 1 fully saturated rings. The zero-order valence-corrected chi connectivity index (χ0v) is 9.48. The van der Waals surface area contributed by atoms with Gasteiger partial charge in [0.05, 0.1) is 11.5 Å². The third kappa shape index (κ3) is 3.25.